The van der Waals surface area contributed by atoms with Gasteiger partial charge in [0.2, 0.25) is 0 Å². The highest BCUT2D eigenvalue weighted by Crippen LogP contribution is 2.22. The van der Waals surface area contributed by atoms with E-state index >= 15 is 0 Å². The summed E-state index contributed by atoms with van der Waals surface area (Å²) in [4.78, 5) is 12.2. The van der Waals surface area contributed by atoms with Crippen molar-refractivity contribution in [2.45, 2.75) is 50.5 Å². The second-order valence-corrected chi connectivity index (χ2v) is 7.40. The highest BCUT2D eigenvalue weighted by molar-refractivity contribution is 5.91. The number of carbonyl (C=O) groups is 1. The molecule has 4 N–H and O–H groups in total. The minimum absolute atomic E-state index is 0.172. The highest BCUT2D eigenvalue weighted by atomic mass is 16.7. The predicted octanol–water partition coefficient (Wildman–Crippen LogP) is 0.827. The Morgan fingerprint density at radius 2 is 1.58 bits per heavy atom. The van der Waals surface area contributed by atoms with E-state index < -0.39 is 43.3 Å². The zero-order chi connectivity index (χ0) is 22.4. The van der Waals surface area contributed by atoms with Crippen LogP contribution < -0.4 is 4.74 Å². The standard InChI is InChI=1S/C23H28O8/c1-2-14-3-7-16(8-4-14)22(28)30-17-9-5-15(6-10-17)11-12-29-23-21(27)20(26)19(25)18(13-24)31-23/h3-10,18-21,23-27H,2,11-13H2,1H3/t18-,19-,20+,21-,23-/m1/s1. The van der Waals surface area contributed by atoms with Gasteiger partial charge in [-0.25, -0.2) is 4.79 Å². The second kappa shape index (κ2) is 10.8. The van der Waals surface area contributed by atoms with Gasteiger partial charge in [0.15, 0.2) is 6.29 Å². The van der Waals surface area contributed by atoms with Crippen molar-refractivity contribution >= 4 is 5.97 Å². The van der Waals surface area contributed by atoms with Crippen LogP contribution in [0.3, 0.4) is 0 Å². The summed E-state index contributed by atoms with van der Waals surface area (Å²) in [5, 5.41) is 38.7. The average molecular weight is 432 g/mol. The molecule has 0 aromatic heterocycles. The molecule has 0 radical (unpaired) electrons. The molecule has 2 aromatic rings. The van der Waals surface area contributed by atoms with Crippen LogP contribution in [-0.2, 0) is 22.3 Å². The number of ether oxygens (including phenoxy) is 3. The number of hydrogen-bond donors (Lipinski definition) is 4. The summed E-state index contributed by atoms with van der Waals surface area (Å²) in [5.74, 6) is -0.00970. The van der Waals surface area contributed by atoms with Gasteiger partial charge in [0, 0.05) is 0 Å². The summed E-state index contributed by atoms with van der Waals surface area (Å²) in [5.41, 5.74) is 2.53. The topological polar surface area (TPSA) is 126 Å². The third-order valence-electron chi connectivity index (χ3n) is 5.25. The molecular weight excluding hydrogens is 404 g/mol. The molecular formula is C23H28O8. The first kappa shape index (κ1) is 23.3. The zero-order valence-electron chi connectivity index (χ0n) is 17.3. The summed E-state index contributed by atoms with van der Waals surface area (Å²) in [6.07, 6.45) is -5.10. The lowest BCUT2D eigenvalue weighted by Gasteiger charge is -2.39. The van der Waals surface area contributed by atoms with Gasteiger partial charge in [-0.05, 0) is 48.2 Å². The molecule has 0 aliphatic carbocycles. The van der Waals surface area contributed by atoms with Gasteiger partial charge in [-0.3, -0.25) is 0 Å². The van der Waals surface area contributed by atoms with Gasteiger partial charge in [0.05, 0.1) is 18.8 Å². The number of aliphatic hydroxyl groups excluding tert-OH is 4. The van der Waals surface area contributed by atoms with E-state index in [9.17, 15) is 25.2 Å². The third-order valence-corrected chi connectivity index (χ3v) is 5.25. The number of hydrogen-bond acceptors (Lipinski definition) is 8. The summed E-state index contributed by atoms with van der Waals surface area (Å²) in [7, 11) is 0. The molecule has 31 heavy (non-hydrogen) atoms. The van der Waals surface area contributed by atoms with Gasteiger partial charge < -0.3 is 34.6 Å². The number of aryl methyl sites for hydroxylation is 1. The molecule has 3 rings (SSSR count). The lowest BCUT2D eigenvalue weighted by molar-refractivity contribution is -0.300. The quantitative estimate of drug-likeness (QED) is 0.357. The van der Waals surface area contributed by atoms with E-state index in [1.807, 2.05) is 19.1 Å². The molecule has 1 aliphatic heterocycles. The fraction of sp³-hybridized carbons (Fsp3) is 0.435. The first-order chi connectivity index (χ1) is 14.9. The molecule has 0 saturated carbocycles. The Morgan fingerprint density at radius 1 is 0.935 bits per heavy atom. The van der Waals surface area contributed by atoms with Gasteiger partial charge in [-0.2, -0.15) is 0 Å². The van der Waals surface area contributed by atoms with Crippen molar-refractivity contribution in [3.63, 3.8) is 0 Å². The van der Waals surface area contributed by atoms with E-state index in [-0.39, 0.29) is 6.61 Å². The highest BCUT2D eigenvalue weighted by Gasteiger charge is 2.43. The maximum absolute atomic E-state index is 12.2. The summed E-state index contributed by atoms with van der Waals surface area (Å²) >= 11 is 0. The van der Waals surface area contributed by atoms with Gasteiger partial charge in [0.1, 0.15) is 30.2 Å². The van der Waals surface area contributed by atoms with Crippen LogP contribution in [0, 0.1) is 0 Å². The van der Waals surface area contributed by atoms with E-state index in [0.29, 0.717) is 17.7 Å². The van der Waals surface area contributed by atoms with Crippen LogP contribution in [0.2, 0.25) is 0 Å². The van der Waals surface area contributed by atoms with Gasteiger partial charge in [-0.15, -0.1) is 0 Å². The number of aliphatic hydroxyl groups is 4. The van der Waals surface area contributed by atoms with Crippen LogP contribution in [0.25, 0.3) is 0 Å². The number of carbonyl (C=O) groups excluding carboxylic acids is 1. The fourth-order valence-corrected chi connectivity index (χ4v) is 3.26. The molecule has 0 bridgehead atoms. The molecule has 1 saturated heterocycles. The van der Waals surface area contributed by atoms with Crippen molar-refractivity contribution < 1.29 is 39.4 Å². The fourth-order valence-electron chi connectivity index (χ4n) is 3.26. The molecule has 0 amide bonds. The SMILES string of the molecule is CCc1ccc(C(=O)Oc2ccc(CCO[C@@H]3O[C@H](CO)[C@@H](O)[C@H](O)[C@H]3O)cc2)cc1. The van der Waals surface area contributed by atoms with Crippen LogP contribution in [0.5, 0.6) is 5.75 Å². The van der Waals surface area contributed by atoms with E-state index in [1.54, 1.807) is 36.4 Å². The van der Waals surface area contributed by atoms with E-state index in [0.717, 1.165) is 17.5 Å². The molecule has 1 fully saturated rings. The number of esters is 1. The Morgan fingerprint density at radius 3 is 2.19 bits per heavy atom. The second-order valence-electron chi connectivity index (χ2n) is 7.40. The maximum Gasteiger partial charge on any atom is 0.343 e. The number of benzene rings is 2. The van der Waals surface area contributed by atoms with E-state index in [1.165, 1.54) is 0 Å². The lowest BCUT2D eigenvalue weighted by atomic mass is 9.99. The lowest BCUT2D eigenvalue weighted by Crippen LogP contribution is -2.59. The van der Waals surface area contributed by atoms with Crippen molar-refractivity contribution in [2.75, 3.05) is 13.2 Å². The molecule has 8 nitrogen and oxygen atoms in total. The van der Waals surface area contributed by atoms with Crippen molar-refractivity contribution in [2.24, 2.45) is 0 Å². The van der Waals surface area contributed by atoms with Crippen molar-refractivity contribution in [3.05, 3.63) is 65.2 Å². The Hall–Kier alpha value is -2.33. The summed E-state index contributed by atoms with van der Waals surface area (Å²) in [6.45, 7) is 1.71. The third kappa shape index (κ3) is 5.88. The Labute approximate surface area is 180 Å². The molecule has 1 heterocycles. The smallest absolute Gasteiger partial charge is 0.343 e. The molecule has 1 aliphatic rings. The first-order valence-corrected chi connectivity index (χ1v) is 10.2. The van der Waals surface area contributed by atoms with Crippen LogP contribution in [-0.4, -0.2) is 70.3 Å². The zero-order valence-corrected chi connectivity index (χ0v) is 17.3. The summed E-state index contributed by atoms with van der Waals surface area (Å²) in [6, 6.07) is 14.2. The molecule has 2 aromatic carbocycles. The summed E-state index contributed by atoms with van der Waals surface area (Å²) < 4.78 is 16.2. The molecule has 8 heteroatoms. The molecule has 168 valence electrons. The monoisotopic (exact) mass is 432 g/mol. The Balaban J connectivity index is 1.48. The normalized spacial score (nSPS) is 25.9. The van der Waals surface area contributed by atoms with E-state index in [4.69, 9.17) is 14.2 Å². The maximum atomic E-state index is 12.2. The Bertz CT molecular complexity index is 834. The van der Waals surface area contributed by atoms with Crippen molar-refractivity contribution in [3.8, 4) is 5.75 Å². The minimum Gasteiger partial charge on any atom is -0.423 e. The predicted molar refractivity (Wildman–Crippen MR) is 111 cm³/mol. The van der Waals surface area contributed by atoms with Gasteiger partial charge in [-0.1, -0.05) is 31.2 Å². The Kier molecular flexibility index (Phi) is 8.14. The van der Waals surface area contributed by atoms with Crippen molar-refractivity contribution in [1.29, 1.82) is 0 Å². The van der Waals surface area contributed by atoms with Gasteiger partial charge in [0.25, 0.3) is 0 Å². The van der Waals surface area contributed by atoms with Crippen LogP contribution >= 0.6 is 0 Å². The molecule has 0 unspecified atom stereocenters. The largest absolute Gasteiger partial charge is 0.423 e. The van der Waals surface area contributed by atoms with Crippen molar-refractivity contribution in [1.82, 2.24) is 0 Å². The van der Waals surface area contributed by atoms with E-state index in [2.05, 4.69) is 0 Å². The van der Waals surface area contributed by atoms with Crippen LogP contribution in [0.1, 0.15) is 28.4 Å². The minimum atomic E-state index is -1.47. The molecule has 5 atom stereocenters. The van der Waals surface area contributed by atoms with Crippen LogP contribution in [0.15, 0.2) is 48.5 Å². The molecule has 0 spiro atoms. The average Bonchev–Trinajstić information content (AvgIpc) is 2.80. The number of rotatable bonds is 8. The van der Waals surface area contributed by atoms with Crippen LogP contribution in [0.4, 0.5) is 0 Å². The van der Waals surface area contributed by atoms with Gasteiger partial charge >= 0.3 is 5.97 Å². The first-order valence-electron chi connectivity index (χ1n) is 10.2.